The lowest BCUT2D eigenvalue weighted by Crippen LogP contribution is -2.18. The molecule has 0 amide bonds. The van der Waals surface area contributed by atoms with Gasteiger partial charge in [-0.2, -0.15) is 5.26 Å². The Labute approximate surface area is 82.5 Å². The third-order valence-electron chi connectivity index (χ3n) is 1.99. The zero-order valence-electron chi connectivity index (χ0n) is 7.90. The van der Waals surface area contributed by atoms with Crippen LogP contribution < -0.4 is 5.32 Å². The van der Waals surface area contributed by atoms with E-state index in [1.807, 2.05) is 25.1 Å². The van der Waals surface area contributed by atoms with Gasteiger partial charge in [0.05, 0.1) is 12.6 Å². The molecule has 1 N–H and O–H groups in total. The summed E-state index contributed by atoms with van der Waals surface area (Å²) in [6.45, 7) is 2.15. The second-order valence-corrected chi connectivity index (χ2v) is 2.91. The Morgan fingerprint density at radius 3 is 2.93 bits per heavy atom. The van der Waals surface area contributed by atoms with Crippen molar-refractivity contribution in [3.63, 3.8) is 0 Å². The average molecular weight is 189 g/mol. The first-order valence-electron chi connectivity index (χ1n) is 4.32. The molecule has 1 rings (SSSR count). The zero-order chi connectivity index (χ0) is 10.4. The molecule has 72 valence electrons. The maximum atomic E-state index is 10.5. The normalized spacial score (nSPS) is 11.7. The second-order valence-electron chi connectivity index (χ2n) is 2.91. The van der Waals surface area contributed by atoms with Gasteiger partial charge in [0.25, 0.3) is 0 Å². The molecule has 0 aromatic heterocycles. The fourth-order valence-electron chi connectivity index (χ4n) is 1.25. The molecule has 1 unspecified atom stereocenters. The Kier molecular flexibility index (Phi) is 3.77. The SMILES string of the molecule is CC(NCC#N)c1ccccc1N=O. The monoisotopic (exact) mass is 189 g/mol. The molecule has 0 saturated carbocycles. The lowest BCUT2D eigenvalue weighted by Gasteiger charge is -2.12. The molecule has 1 atom stereocenters. The smallest absolute Gasteiger partial charge is 0.112 e. The van der Waals surface area contributed by atoms with Crippen LogP contribution in [0.15, 0.2) is 29.4 Å². The van der Waals surface area contributed by atoms with Crippen molar-refractivity contribution in [1.82, 2.24) is 5.32 Å². The summed E-state index contributed by atoms with van der Waals surface area (Å²) in [7, 11) is 0. The first-order valence-corrected chi connectivity index (χ1v) is 4.32. The van der Waals surface area contributed by atoms with Gasteiger partial charge in [0.2, 0.25) is 0 Å². The molecule has 0 saturated heterocycles. The van der Waals surface area contributed by atoms with Crippen LogP contribution in [0.2, 0.25) is 0 Å². The molecular formula is C10H11N3O. The lowest BCUT2D eigenvalue weighted by atomic mass is 10.1. The van der Waals surface area contributed by atoms with E-state index >= 15 is 0 Å². The number of nitriles is 1. The third-order valence-corrected chi connectivity index (χ3v) is 1.99. The summed E-state index contributed by atoms with van der Waals surface area (Å²) in [6, 6.07) is 9.04. The quantitative estimate of drug-likeness (QED) is 0.583. The molecule has 1 aromatic carbocycles. The molecule has 4 heteroatoms. The van der Waals surface area contributed by atoms with E-state index < -0.39 is 0 Å². The van der Waals surface area contributed by atoms with Crippen molar-refractivity contribution in [2.24, 2.45) is 5.18 Å². The number of hydrogen-bond acceptors (Lipinski definition) is 4. The largest absolute Gasteiger partial charge is 0.298 e. The van der Waals surface area contributed by atoms with E-state index in [1.165, 1.54) is 0 Å². The molecule has 0 heterocycles. The molecule has 0 spiro atoms. The predicted molar refractivity (Wildman–Crippen MR) is 53.9 cm³/mol. The number of nitrogens with zero attached hydrogens (tertiary/aromatic N) is 2. The molecule has 1 aromatic rings. The van der Waals surface area contributed by atoms with Gasteiger partial charge >= 0.3 is 0 Å². The Hall–Kier alpha value is -1.73. The van der Waals surface area contributed by atoms with Gasteiger partial charge in [0.15, 0.2) is 0 Å². The number of hydrogen-bond donors (Lipinski definition) is 1. The van der Waals surface area contributed by atoms with Gasteiger partial charge in [0, 0.05) is 6.04 Å². The topological polar surface area (TPSA) is 65.2 Å². The molecule has 14 heavy (non-hydrogen) atoms. The van der Waals surface area contributed by atoms with Gasteiger partial charge < -0.3 is 0 Å². The molecule has 0 aliphatic carbocycles. The van der Waals surface area contributed by atoms with Crippen LogP contribution in [0, 0.1) is 16.2 Å². The van der Waals surface area contributed by atoms with E-state index in [9.17, 15) is 4.91 Å². The Bertz CT molecular complexity index is 357. The maximum absolute atomic E-state index is 10.5. The van der Waals surface area contributed by atoms with Crippen molar-refractivity contribution < 1.29 is 0 Å². The van der Waals surface area contributed by atoms with Crippen molar-refractivity contribution in [2.75, 3.05) is 6.54 Å². The zero-order valence-corrected chi connectivity index (χ0v) is 7.90. The molecular weight excluding hydrogens is 178 g/mol. The van der Waals surface area contributed by atoms with Gasteiger partial charge in [-0.05, 0) is 23.7 Å². The highest BCUT2D eigenvalue weighted by Crippen LogP contribution is 2.24. The summed E-state index contributed by atoms with van der Waals surface area (Å²) in [5.74, 6) is 0. The van der Waals surface area contributed by atoms with Crippen LogP contribution >= 0.6 is 0 Å². The molecule has 4 nitrogen and oxygen atoms in total. The van der Waals surface area contributed by atoms with Crippen LogP contribution in [0.1, 0.15) is 18.5 Å². The van der Waals surface area contributed by atoms with E-state index in [0.717, 1.165) is 5.56 Å². The van der Waals surface area contributed by atoms with Crippen LogP contribution in [0.25, 0.3) is 0 Å². The summed E-state index contributed by atoms with van der Waals surface area (Å²) in [4.78, 5) is 10.5. The first kappa shape index (κ1) is 10.4. The van der Waals surface area contributed by atoms with Crippen LogP contribution in [0.5, 0.6) is 0 Å². The molecule has 0 aliphatic rings. The highest BCUT2D eigenvalue weighted by atomic mass is 16.3. The fourth-order valence-corrected chi connectivity index (χ4v) is 1.25. The van der Waals surface area contributed by atoms with E-state index in [0.29, 0.717) is 5.69 Å². The second kappa shape index (κ2) is 5.10. The molecule has 0 fully saturated rings. The lowest BCUT2D eigenvalue weighted by molar-refractivity contribution is 0.622. The number of nitroso groups, excluding NO2 is 1. The third kappa shape index (κ3) is 2.38. The number of rotatable bonds is 4. The van der Waals surface area contributed by atoms with Gasteiger partial charge in [-0.25, -0.2) is 0 Å². The maximum Gasteiger partial charge on any atom is 0.112 e. The number of nitrogens with one attached hydrogen (secondary N) is 1. The minimum atomic E-state index is -0.0384. The summed E-state index contributed by atoms with van der Waals surface area (Å²) >= 11 is 0. The van der Waals surface area contributed by atoms with E-state index in [4.69, 9.17) is 5.26 Å². The van der Waals surface area contributed by atoms with Crippen LogP contribution in [-0.2, 0) is 0 Å². The minimum absolute atomic E-state index is 0.0384. The molecule has 0 radical (unpaired) electrons. The van der Waals surface area contributed by atoms with E-state index in [2.05, 4.69) is 10.5 Å². The Morgan fingerprint density at radius 1 is 1.57 bits per heavy atom. The summed E-state index contributed by atoms with van der Waals surface area (Å²) in [5, 5.41) is 14.3. The van der Waals surface area contributed by atoms with Crippen molar-refractivity contribution in [1.29, 1.82) is 5.26 Å². The van der Waals surface area contributed by atoms with Crippen LogP contribution in [0.4, 0.5) is 5.69 Å². The van der Waals surface area contributed by atoms with Crippen LogP contribution in [-0.4, -0.2) is 6.54 Å². The average Bonchev–Trinajstić information content (AvgIpc) is 2.25. The Morgan fingerprint density at radius 2 is 2.29 bits per heavy atom. The van der Waals surface area contributed by atoms with Gasteiger partial charge in [-0.1, -0.05) is 18.2 Å². The fraction of sp³-hybridized carbons (Fsp3) is 0.300. The summed E-state index contributed by atoms with van der Waals surface area (Å²) in [6.07, 6.45) is 0. The van der Waals surface area contributed by atoms with Crippen molar-refractivity contribution in [3.05, 3.63) is 34.7 Å². The molecule has 0 bridgehead atoms. The summed E-state index contributed by atoms with van der Waals surface area (Å²) < 4.78 is 0. The summed E-state index contributed by atoms with van der Waals surface area (Å²) in [5.41, 5.74) is 1.24. The highest BCUT2D eigenvalue weighted by Gasteiger charge is 2.09. The minimum Gasteiger partial charge on any atom is -0.298 e. The van der Waals surface area contributed by atoms with Crippen molar-refractivity contribution in [2.45, 2.75) is 13.0 Å². The predicted octanol–water partition coefficient (Wildman–Crippen LogP) is 2.26. The molecule has 0 aliphatic heterocycles. The van der Waals surface area contributed by atoms with E-state index in [1.54, 1.807) is 12.1 Å². The van der Waals surface area contributed by atoms with Crippen LogP contribution in [0.3, 0.4) is 0 Å². The van der Waals surface area contributed by atoms with Gasteiger partial charge in [0.1, 0.15) is 5.69 Å². The Balaban J connectivity index is 2.83. The number of benzene rings is 1. The highest BCUT2D eigenvalue weighted by molar-refractivity contribution is 5.47. The van der Waals surface area contributed by atoms with Crippen molar-refractivity contribution >= 4 is 5.69 Å². The standard InChI is InChI=1S/C10H11N3O/c1-8(12-7-6-11)9-4-2-3-5-10(9)13-14/h2-5,8,12H,7H2,1H3. The van der Waals surface area contributed by atoms with Gasteiger partial charge in [-0.3, -0.25) is 5.32 Å². The van der Waals surface area contributed by atoms with Crippen molar-refractivity contribution in [3.8, 4) is 6.07 Å². The van der Waals surface area contributed by atoms with Gasteiger partial charge in [-0.15, -0.1) is 4.91 Å². The first-order chi connectivity index (χ1) is 6.79. The van der Waals surface area contributed by atoms with E-state index in [-0.39, 0.29) is 12.6 Å².